The maximum atomic E-state index is 13.0. The van der Waals surface area contributed by atoms with Crippen LogP contribution in [0.4, 0.5) is 18.9 Å². The molecule has 0 heterocycles. The fraction of sp³-hybridized carbons (Fsp3) is 0.188. The van der Waals surface area contributed by atoms with E-state index in [1.54, 1.807) is 42.5 Å². The quantitative estimate of drug-likeness (QED) is 0.615. The maximum absolute atomic E-state index is 13.0. The van der Waals surface area contributed by atoms with Gasteiger partial charge in [-0.1, -0.05) is 30.3 Å². The van der Waals surface area contributed by atoms with Gasteiger partial charge in [-0.25, -0.2) is 4.99 Å². The van der Waals surface area contributed by atoms with Crippen LogP contribution in [0.5, 0.6) is 5.75 Å². The van der Waals surface area contributed by atoms with Crippen LogP contribution in [-0.2, 0) is 11.3 Å². The Bertz CT molecular complexity index is 622. The lowest BCUT2D eigenvalue weighted by molar-refractivity contribution is -0.0791. The summed E-state index contributed by atoms with van der Waals surface area (Å²) in [7, 11) is 1.51. The van der Waals surface area contributed by atoms with Crippen LogP contribution >= 0.6 is 0 Å². The Morgan fingerprint density at radius 2 is 1.64 bits per heavy atom. The highest BCUT2D eigenvalue weighted by Gasteiger charge is 2.38. The molecular weight excluding hydrogens is 295 g/mol. The molecule has 0 aliphatic heterocycles. The van der Waals surface area contributed by atoms with E-state index in [-0.39, 0.29) is 12.3 Å². The molecule has 0 atom stereocenters. The highest BCUT2D eigenvalue weighted by atomic mass is 19.4. The van der Waals surface area contributed by atoms with E-state index >= 15 is 0 Å². The van der Waals surface area contributed by atoms with Gasteiger partial charge in [0.05, 0.1) is 12.8 Å². The molecule has 0 fully saturated rings. The van der Waals surface area contributed by atoms with Crippen molar-refractivity contribution < 1.29 is 22.6 Å². The minimum Gasteiger partial charge on any atom is -0.497 e. The van der Waals surface area contributed by atoms with E-state index in [0.29, 0.717) is 11.3 Å². The third-order valence-corrected chi connectivity index (χ3v) is 2.76. The summed E-state index contributed by atoms with van der Waals surface area (Å²) in [5, 5.41) is 0. The third kappa shape index (κ3) is 4.51. The summed E-state index contributed by atoms with van der Waals surface area (Å²) in [4.78, 5) is 3.52. The summed E-state index contributed by atoms with van der Waals surface area (Å²) in [6.45, 7) is -0.227. The minimum atomic E-state index is -4.65. The van der Waals surface area contributed by atoms with Gasteiger partial charge in [-0.15, -0.1) is 0 Å². The summed E-state index contributed by atoms with van der Waals surface area (Å²) in [6.07, 6.45) is -4.65. The van der Waals surface area contributed by atoms with E-state index < -0.39 is 12.1 Å². The van der Waals surface area contributed by atoms with Crippen LogP contribution in [0.15, 0.2) is 59.6 Å². The Kier molecular flexibility index (Phi) is 5.04. The highest BCUT2D eigenvalue weighted by Crippen LogP contribution is 2.23. The Labute approximate surface area is 126 Å². The SMILES string of the molecule is COc1ccc(COC(=Nc2ccccc2)C(F)(F)F)cc1. The van der Waals surface area contributed by atoms with Crippen LogP contribution in [0.2, 0.25) is 0 Å². The van der Waals surface area contributed by atoms with Crippen molar-refractivity contribution in [1.29, 1.82) is 0 Å². The molecule has 0 unspecified atom stereocenters. The molecule has 3 nitrogen and oxygen atoms in total. The second-order valence-corrected chi connectivity index (χ2v) is 4.39. The molecule has 0 saturated heterocycles. The standard InChI is InChI=1S/C16H14F3NO2/c1-21-14-9-7-12(8-10-14)11-22-15(16(17,18)19)20-13-5-3-2-4-6-13/h2-10H,11H2,1H3. The number of rotatable bonds is 4. The number of ether oxygens (including phenoxy) is 2. The molecule has 2 aromatic carbocycles. The second kappa shape index (κ2) is 6.98. The fourth-order valence-corrected chi connectivity index (χ4v) is 1.67. The Morgan fingerprint density at radius 1 is 1.00 bits per heavy atom. The summed E-state index contributed by atoms with van der Waals surface area (Å²) < 4.78 is 48.7. The average Bonchev–Trinajstić information content (AvgIpc) is 2.52. The maximum Gasteiger partial charge on any atom is 0.468 e. The van der Waals surface area contributed by atoms with E-state index in [4.69, 9.17) is 9.47 Å². The Balaban J connectivity index is 2.12. The first-order valence-electron chi connectivity index (χ1n) is 6.45. The average molecular weight is 309 g/mol. The Hall–Kier alpha value is -2.50. The van der Waals surface area contributed by atoms with Crippen LogP contribution < -0.4 is 4.74 Å². The van der Waals surface area contributed by atoms with Gasteiger partial charge >= 0.3 is 6.18 Å². The molecule has 0 aliphatic carbocycles. The number of aliphatic imine (C=N–C) groups is 1. The van der Waals surface area contributed by atoms with Gasteiger partial charge in [0.15, 0.2) is 0 Å². The van der Waals surface area contributed by atoms with Crippen molar-refractivity contribution in [1.82, 2.24) is 0 Å². The van der Waals surface area contributed by atoms with E-state index in [1.165, 1.54) is 19.2 Å². The number of para-hydroxylation sites is 1. The van der Waals surface area contributed by atoms with Gasteiger partial charge in [-0.2, -0.15) is 13.2 Å². The molecule has 0 spiro atoms. The number of hydrogen-bond donors (Lipinski definition) is 0. The summed E-state index contributed by atoms with van der Waals surface area (Å²) in [5.41, 5.74) is 0.773. The minimum absolute atomic E-state index is 0.185. The van der Waals surface area contributed by atoms with Crippen molar-refractivity contribution in [2.75, 3.05) is 7.11 Å². The first kappa shape index (κ1) is 15.9. The second-order valence-electron chi connectivity index (χ2n) is 4.39. The van der Waals surface area contributed by atoms with Gasteiger partial charge in [-0.3, -0.25) is 0 Å². The summed E-state index contributed by atoms with van der Waals surface area (Å²) >= 11 is 0. The van der Waals surface area contributed by atoms with Gasteiger partial charge < -0.3 is 9.47 Å². The normalized spacial score (nSPS) is 12.1. The number of hydrogen-bond acceptors (Lipinski definition) is 3. The van der Waals surface area contributed by atoms with Crippen LogP contribution in [-0.4, -0.2) is 19.2 Å². The zero-order valence-electron chi connectivity index (χ0n) is 11.8. The molecule has 0 aliphatic rings. The molecule has 0 amide bonds. The molecule has 0 radical (unpaired) electrons. The van der Waals surface area contributed by atoms with Crippen molar-refractivity contribution in [3.05, 3.63) is 60.2 Å². The molecule has 0 saturated carbocycles. The predicted octanol–water partition coefficient (Wildman–Crippen LogP) is 4.50. The number of methoxy groups -OCH3 is 1. The lowest BCUT2D eigenvalue weighted by Crippen LogP contribution is -2.25. The zero-order chi connectivity index (χ0) is 16.0. The van der Waals surface area contributed by atoms with Crippen molar-refractivity contribution in [3.8, 4) is 5.75 Å². The van der Waals surface area contributed by atoms with Gasteiger partial charge in [0, 0.05) is 0 Å². The lowest BCUT2D eigenvalue weighted by Gasteiger charge is -2.12. The van der Waals surface area contributed by atoms with Crippen molar-refractivity contribution in [2.45, 2.75) is 12.8 Å². The molecule has 0 bridgehead atoms. The number of nitrogens with zero attached hydrogens (tertiary/aromatic N) is 1. The first-order chi connectivity index (χ1) is 10.5. The zero-order valence-corrected chi connectivity index (χ0v) is 11.8. The smallest absolute Gasteiger partial charge is 0.468 e. The monoisotopic (exact) mass is 309 g/mol. The van der Waals surface area contributed by atoms with E-state index in [1.807, 2.05) is 0 Å². The third-order valence-electron chi connectivity index (χ3n) is 2.76. The van der Waals surface area contributed by atoms with Gasteiger partial charge in [-0.05, 0) is 29.8 Å². The molecule has 0 N–H and O–H groups in total. The largest absolute Gasteiger partial charge is 0.497 e. The summed E-state index contributed by atoms with van der Waals surface area (Å²) in [6, 6.07) is 14.4. The van der Waals surface area contributed by atoms with Crippen LogP contribution in [0.25, 0.3) is 0 Å². The first-order valence-corrected chi connectivity index (χ1v) is 6.45. The van der Waals surface area contributed by atoms with Crippen molar-refractivity contribution in [3.63, 3.8) is 0 Å². The van der Waals surface area contributed by atoms with Crippen LogP contribution in [0, 0.1) is 0 Å². The number of benzene rings is 2. The number of halogens is 3. The molecule has 2 rings (SSSR count). The molecular formula is C16H14F3NO2. The van der Waals surface area contributed by atoms with Gasteiger partial charge in [0.2, 0.25) is 0 Å². The molecule has 0 aromatic heterocycles. The molecule has 2 aromatic rings. The van der Waals surface area contributed by atoms with Crippen molar-refractivity contribution >= 4 is 11.6 Å². The molecule has 6 heteroatoms. The van der Waals surface area contributed by atoms with Crippen LogP contribution in [0.1, 0.15) is 5.56 Å². The summed E-state index contributed by atoms with van der Waals surface area (Å²) in [5.74, 6) is -0.646. The highest BCUT2D eigenvalue weighted by molar-refractivity contribution is 5.84. The van der Waals surface area contributed by atoms with Crippen molar-refractivity contribution in [2.24, 2.45) is 4.99 Å². The van der Waals surface area contributed by atoms with E-state index in [0.717, 1.165) is 0 Å². The van der Waals surface area contributed by atoms with Gasteiger partial charge in [0.1, 0.15) is 12.4 Å². The van der Waals surface area contributed by atoms with Gasteiger partial charge in [0.25, 0.3) is 5.90 Å². The Morgan fingerprint density at radius 3 is 2.18 bits per heavy atom. The van der Waals surface area contributed by atoms with E-state index in [9.17, 15) is 13.2 Å². The molecule has 116 valence electrons. The van der Waals surface area contributed by atoms with Crippen LogP contribution in [0.3, 0.4) is 0 Å². The number of alkyl halides is 3. The van der Waals surface area contributed by atoms with E-state index in [2.05, 4.69) is 4.99 Å². The topological polar surface area (TPSA) is 30.8 Å². The molecule has 22 heavy (non-hydrogen) atoms. The predicted molar refractivity (Wildman–Crippen MR) is 77.4 cm³/mol. The lowest BCUT2D eigenvalue weighted by atomic mass is 10.2. The fourth-order valence-electron chi connectivity index (χ4n) is 1.67.